The summed E-state index contributed by atoms with van der Waals surface area (Å²) in [6, 6.07) is 17.0. The largest absolute Gasteiger partial charge is 0.512 e. The maximum atomic E-state index is 11.7. The maximum Gasteiger partial charge on any atom is 0.162 e. The zero-order chi connectivity index (χ0) is 42.2. The normalized spacial score (nSPS) is 15.4. The summed E-state index contributed by atoms with van der Waals surface area (Å²) >= 11 is 1.91. The van der Waals surface area contributed by atoms with Crippen molar-refractivity contribution in [2.45, 2.75) is 158 Å². The molecule has 5 aromatic rings. The Morgan fingerprint density at radius 1 is 0.879 bits per heavy atom. The number of fused-ring (bicyclic) bond motifs is 6. The number of ketones is 1. The fraction of sp³-hybridized carbons (Fsp3) is 0.538. The topological polar surface area (TPSA) is 59.4 Å². The van der Waals surface area contributed by atoms with Crippen LogP contribution in [-0.2, 0) is 47.6 Å². The number of thiophene rings is 1. The number of methoxy groups -OCH3 is 1. The molecule has 0 amide bonds. The van der Waals surface area contributed by atoms with E-state index in [9.17, 15) is 9.90 Å². The summed E-state index contributed by atoms with van der Waals surface area (Å²) in [6.45, 7) is 31.7. The van der Waals surface area contributed by atoms with E-state index in [1.807, 2.05) is 52.3 Å². The molecule has 317 valence electrons. The SMILES string of the molecule is CCC(CC)C(=O)/C=C(\O)C(CC)CC.COc1c2c(c3c(sc4c(-c5[c-]c6ccccc6c(C(C)(C)C)c5)nccc43)c1CC(C)(C)C)C(C)(C)CCC2(C)C.[Ir]. The van der Waals surface area contributed by atoms with Crippen LogP contribution in [0.3, 0.4) is 0 Å². The number of hydrogen-bond acceptors (Lipinski definition) is 5. The van der Waals surface area contributed by atoms with Gasteiger partial charge in [-0.1, -0.05) is 126 Å². The van der Waals surface area contributed by atoms with E-state index in [1.165, 1.54) is 53.9 Å². The van der Waals surface area contributed by atoms with Gasteiger partial charge in [0.1, 0.15) is 5.75 Å². The third-order valence-corrected chi connectivity index (χ3v) is 13.7. The molecule has 0 saturated carbocycles. The number of aliphatic hydroxyl groups excluding tert-OH is 1. The molecule has 6 rings (SSSR count). The summed E-state index contributed by atoms with van der Waals surface area (Å²) in [5, 5.41) is 14.9. The number of aliphatic hydroxyl groups is 1. The monoisotopic (exact) mass is 981 g/mol. The third kappa shape index (κ3) is 9.61. The number of benzene rings is 3. The van der Waals surface area contributed by atoms with Gasteiger partial charge in [-0.25, -0.2) is 0 Å². The minimum absolute atomic E-state index is 0. The summed E-state index contributed by atoms with van der Waals surface area (Å²) in [5.74, 6) is 1.66. The van der Waals surface area contributed by atoms with Crippen molar-refractivity contribution in [2.24, 2.45) is 17.3 Å². The van der Waals surface area contributed by atoms with Gasteiger partial charge in [0.25, 0.3) is 0 Å². The fourth-order valence-electron chi connectivity index (χ4n) is 9.04. The van der Waals surface area contributed by atoms with E-state index in [0.717, 1.165) is 67.3 Å². The molecule has 4 nitrogen and oxygen atoms in total. The van der Waals surface area contributed by atoms with E-state index < -0.39 is 0 Å². The van der Waals surface area contributed by atoms with Crippen LogP contribution in [0.2, 0.25) is 0 Å². The Labute approximate surface area is 368 Å². The average molecular weight is 981 g/mol. The number of allylic oxidation sites excluding steroid dienone is 2. The van der Waals surface area contributed by atoms with Crippen LogP contribution >= 0.6 is 11.3 Å². The molecule has 0 spiro atoms. The first-order valence-electron chi connectivity index (χ1n) is 21.5. The molecule has 1 N–H and O–H groups in total. The van der Waals surface area contributed by atoms with Crippen LogP contribution in [0.5, 0.6) is 5.75 Å². The molecule has 2 aromatic heterocycles. The van der Waals surface area contributed by atoms with Crippen LogP contribution < -0.4 is 4.74 Å². The van der Waals surface area contributed by atoms with Gasteiger partial charge in [-0.3, -0.25) is 9.78 Å². The molecule has 0 saturated heterocycles. The number of carbonyl (C=O) groups is 1. The second-order valence-corrected chi connectivity index (χ2v) is 21.0. The Bertz CT molecular complexity index is 2270. The number of rotatable bonds is 10. The smallest absolute Gasteiger partial charge is 0.162 e. The molecule has 6 heteroatoms. The Balaban J connectivity index is 0.000000398. The molecule has 0 fully saturated rings. The summed E-state index contributed by atoms with van der Waals surface area (Å²) in [6.07, 6.45) is 10.2. The Morgan fingerprint density at radius 2 is 1.47 bits per heavy atom. The second kappa shape index (κ2) is 18.3. The van der Waals surface area contributed by atoms with E-state index in [0.29, 0.717) is 0 Å². The van der Waals surface area contributed by atoms with Crippen LogP contribution in [0.25, 0.3) is 42.2 Å². The molecule has 0 unspecified atom stereocenters. The van der Waals surface area contributed by atoms with Crippen molar-refractivity contribution < 1.29 is 34.7 Å². The molecule has 0 aliphatic heterocycles. The first-order chi connectivity index (χ1) is 26.6. The van der Waals surface area contributed by atoms with E-state index in [-0.39, 0.29) is 65.1 Å². The van der Waals surface area contributed by atoms with Crippen LogP contribution in [0.4, 0.5) is 0 Å². The third-order valence-electron chi connectivity index (χ3n) is 12.4. The molecule has 1 radical (unpaired) electrons. The molecule has 0 bridgehead atoms. The van der Waals surface area contributed by atoms with Gasteiger partial charge in [-0.2, -0.15) is 0 Å². The number of carbonyl (C=O) groups excluding carboxylic acids is 1. The second-order valence-electron chi connectivity index (χ2n) is 20.0. The standard InChI is InChI=1S/C39H46NOS.C13H24O2.Ir/c1-36(2,3)22-27-33(41-11)31-30(38(7,8)17-18-39(31,9)10)29-26-16-19-40-32(35(26)42-34(27)29)24-20-23-14-12-13-15-25(23)28(21-24)37(4,5)6;1-5-10(6-2)12(14)9-13(15)11(7-3)8-4;/h12-16,19,21H,17-18,22H2,1-11H3;9-11,14H,5-8H2,1-4H3;/q-1;;/b;12-9-;. The summed E-state index contributed by atoms with van der Waals surface area (Å²) in [5.41, 5.74) is 7.89. The van der Waals surface area contributed by atoms with Gasteiger partial charge in [0, 0.05) is 75.8 Å². The molecule has 0 atom stereocenters. The van der Waals surface area contributed by atoms with Crippen LogP contribution in [0, 0.1) is 23.3 Å². The minimum atomic E-state index is -0.000559. The number of pyridine rings is 1. The first kappa shape index (κ1) is 47.6. The van der Waals surface area contributed by atoms with Gasteiger partial charge in [-0.15, -0.1) is 40.5 Å². The average Bonchev–Trinajstić information content (AvgIpc) is 3.53. The predicted octanol–water partition coefficient (Wildman–Crippen LogP) is 15.2. The summed E-state index contributed by atoms with van der Waals surface area (Å²) < 4.78 is 9.05. The van der Waals surface area contributed by atoms with Gasteiger partial charge >= 0.3 is 0 Å². The molecular formula is C52H70IrNO3S-. The van der Waals surface area contributed by atoms with Crippen molar-refractivity contribution in [2.75, 3.05) is 7.11 Å². The fourth-order valence-corrected chi connectivity index (χ4v) is 10.4. The van der Waals surface area contributed by atoms with Crippen molar-refractivity contribution in [1.82, 2.24) is 4.98 Å². The molecular weight excluding hydrogens is 911 g/mol. The van der Waals surface area contributed by atoms with E-state index >= 15 is 0 Å². The van der Waals surface area contributed by atoms with Gasteiger partial charge in [0.15, 0.2) is 5.78 Å². The zero-order valence-electron chi connectivity index (χ0n) is 38.2. The van der Waals surface area contributed by atoms with Crippen LogP contribution in [0.15, 0.2) is 54.4 Å². The zero-order valence-corrected chi connectivity index (χ0v) is 41.4. The van der Waals surface area contributed by atoms with Crippen molar-refractivity contribution in [3.05, 3.63) is 82.8 Å². The van der Waals surface area contributed by atoms with Crippen molar-refractivity contribution >= 4 is 48.1 Å². The first-order valence-corrected chi connectivity index (χ1v) is 22.3. The maximum absolute atomic E-state index is 11.7. The Kier molecular flexibility index (Phi) is 15.0. The summed E-state index contributed by atoms with van der Waals surface area (Å²) in [4.78, 5) is 16.8. The van der Waals surface area contributed by atoms with Crippen LogP contribution in [0.1, 0.15) is 158 Å². The summed E-state index contributed by atoms with van der Waals surface area (Å²) in [7, 11) is 1.88. The molecule has 58 heavy (non-hydrogen) atoms. The number of aromatic nitrogens is 1. The number of hydrogen-bond donors (Lipinski definition) is 1. The number of nitrogens with zero attached hydrogens (tertiary/aromatic N) is 1. The van der Waals surface area contributed by atoms with Crippen molar-refractivity contribution in [1.29, 1.82) is 0 Å². The number of ether oxygens (including phenoxy) is 1. The Hall–Kier alpha value is -3.05. The minimum Gasteiger partial charge on any atom is -0.512 e. The van der Waals surface area contributed by atoms with E-state index in [4.69, 9.17) is 9.72 Å². The van der Waals surface area contributed by atoms with Crippen molar-refractivity contribution in [3.8, 4) is 17.0 Å². The molecule has 2 heterocycles. The van der Waals surface area contributed by atoms with E-state index in [1.54, 1.807) is 0 Å². The van der Waals surface area contributed by atoms with Gasteiger partial charge in [-0.05, 0) is 83.6 Å². The molecule has 1 aliphatic rings. The van der Waals surface area contributed by atoms with E-state index in [2.05, 4.69) is 112 Å². The van der Waals surface area contributed by atoms with Crippen molar-refractivity contribution in [3.63, 3.8) is 0 Å². The quantitative estimate of drug-likeness (QED) is 0.0860. The van der Waals surface area contributed by atoms with Gasteiger partial charge in [0.2, 0.25) is 0 Å². The predicted molar refractivity (Wildman–Crippen MR) is 246 cm³/mol. The molecule has 1 aliphatic carbocycles. The van der Waals surface area contributed by atoms with Crippen LogP contribution in [-0.4, -0.2) is 23.0 Å². The molecule has 3 aromatic carbocycles. The van der Waals surface area contributed by atoms with Gasteiger partial charge < -0.3 is 9.84 Å². The Morgan fingerprint density at radius 3 is 2.02 bits per heavy atom. The van der Waals surface area contributed by atoms with Gasteiger partial charge in [0.05, 0.1) is 12.9 Å².